The molecule has 0 aromatic rings. The second-order valence-electron chi connectivity index (χ2n) is 4.62. The molecule has 0 aromatic heterocycles. The Balaban J connectivity index is 0. The first-order chi connectivity index (χ1) is 7.72. The average Bonchev–Trinajstić information content (AvgIpc) is 2.32. The van der Waals surface area contributed by atoms with Crippen molar-refractivity contribution >= 4 is 0 Å². The van der Waals surface area contributed by atoms with Crippen LogP contribution in [-0.4, -0.2) is 37.2 Å². The number of piperidine rings is 1. The maximum Gasteiger partial charge on any atom is 0.0545 e. The Bertz CT molecular complexity index is 154. The van der Waals surface area contributed by atoms with Crippen LogP contribution in [0.2, 0.25) is 0 Å². The minimum absolute atomic E-state index is 0. The third kappa shape index (κ3) is 5.39. The molecule has 0 N–H and O–H groups in total. The lowest BCUT2D eigenvalue weighted by molar-refractivity contribution is -0.141. The quantitative estimate of drug-likeness (QED) is 0.686. The van der Waals surface area contributed by atoms with Gasteiger partial charge in [0.15, 0.2) is 0 Å². The molecular weight excluding hydrogens is 210 g/mol. The Labute approximate surface area is 110 Å². The smallest absolute Gasteiger partial charge is 0.0545 e. The Morgan fingerprint density at radius 3 is 1.59 bits per heavy atom. The van der Waals surface area contributed by atoms with Gasteiger partial charge >= 0.3 is 0 Å². The van der Waals surface area contributed by atoms with Gasteiger partial charge in [0.2, 0.25) is 0 Å². The van der Waals surface area contributed by atoms with Gasteiger partial charge in [0, 0.05) is 11.5 Å². The standard InChI is InChI=1S/C10H19NO.2C2H6.CH4/c1-9(2)11-5-3-10(4-6-11)7-12-8-10;2*1-2;/h9H,3-8H2,1-2H3;2*1-2H3;1H4. The lowest BCUT2D eigenvalue weighted by atomic mass is 9.76. The molecule has 0 unspecified atom stereocenters. The maximum atomic E-state index is 5.29. The van der Waals surface area contributed by atoms with Crippen molar-refractivity contribution in [3.63, 3.8) is 0 Å². The maximum absolute atomic E-state index is 5.29. The summed E-state index contributed by atoms with van der Waals surface area (Å²) in [5, 5.41) is 0. The van der Waals surface area contributed by atoms with Crippen molar-refractivity contribution in [1.82, 2.24) is 4.90 Å². The van der Waals surface area contributed by atoms with E-state index in [2.05, 4.69) is 18.7 Å². The van der Waals surface area contributed by atoms with Crippen LogP contribution in [-0.2, 0) is 4.74 Å². The summed E-state index contributed by atoms with van der Waals surface area (Å²) in [6, 6.07) is 0.725. The monoisotopic (exact) mass is 245 g/mol. The fourth-order valence-corrected chi connectivity index (χ4v) is 2.19. The van der Waals surface area contributed by atoms with Gasteiger partial charge < -0.3 is 9.64 Å². The normalized spacial score (nSPS) is 21.4. The predicted molar refractivity (Wildman–Crippen MR) is 78.6 cm³/mol. The first kappa shape index (κ1) is 19.3. The Kier molecular flexibility index (Phi) is 11.2. The van der Waals surface area contributed by atoms with Crippen LogP contribution in [0.1, 0.15) is 61.8 Å². The van der Waals surface area contributed by atoms with Crippen molar-refractivity contribution in [1.29, 1.82) is 0 Å². The zero-order valence-electron chi connectivity index (χ0n) is 12.2. The highest BCUT2D eigenvalue weighted by atomic mass is 16.5. The number of hydrogen-bond donors (Lipinski definition) is 0. The molecule has 106 valence electrons. The highest BCUT2D eigenvalue weighted by molar-refractivity contribution is 4.91. The molecule has 2 fully saturated rings. The molecule has 0 atom stereocenters. The van der Waals surface area contributed by atoms with E-state index in [4.69, 9.17) is 4.74 Å². The van der Waals surface area contributed by atoms with Crippen LogP contribution >= 0.6 is 0 Å². The van der Waals surface area contributed by atoms with Gasteiger partial charge in [-0.1, -0.05) is 35.1 Å². The van der Waals surface area contributed by atoms with Crippen LogP contribution < -0.4 is 0 Å². The third-order valence-electron chi connectivity index (χ3n) is 3.41. The molecule has 2 aliphatic heterocycles. The van der Waals surface area contributed by atoms with Crippen molar-refractivity contribution in [2.45, 2.75) is 67.9 Å². The van der Waals surface area contributed by atoms with Gasteiger partial charge in [0.05, 0.1) is 13.2 Å². The van der Waals surface area contributed by atoms with Gasteiger partial charge in [-0.15, -0.1) is 0 Å². The largest absolute Gasteiger partial charge is 0.380 e. The first-order valence-electron chi connectivity index (χ1n) is 7.04. The molecule has 0 saturated carbocycles. The summed E-state index contributed by atoms with van der Waals surface area (Å²) < 4.78 is 5.29. The molecule has 2 aliphatic rings. The van der Waals surface area contributed by atoms with E-state index in [0.717, 1.165) is 19.3 Å². The summed E-state index contributed by atoms with van der Waals surface area (Å²) in [6.07, 6.45) is 2.70. The van der Waals surface area contributed by atoms with E-state index < -0.39 is 0 Å². The highest BCUT2D eigenvalue weighted by Crippen LogP contribution is 2.38. The lowest BCUT2D eigenvalue weighted by Crippen LogP contribution is -2.52. The molecule has 2 heteroatoms. The number of hydrogen-bond acceptors (Lipinski definition) is 2. The van der Waals surface area contributed by atoms with Crippen molar-refractivity contribution in [3.05, 3.63) is 0 Å². The SMILES string of the molecule is C.CC.CC.CC(C)N1CCC2(CC1)COC2. The van der Waals surface area contributed by atoms with Crippen LogP contribution in [0.25, 0.3) is 0 Å². The second kappa shape index (κ2) is 9.90. The number of likely N-dealkylation sites (tertiary alicyclic amines) is 1. The van der Waals surface area contributed by atoms with Crippen LogP contribution in [0.4, 0.5) is 0 Å². The van der Waals surface area contributed by atoms with Crippen LogP contribution in [0.5, 0.6) is 0 Å². The van der Waals surface area contributed by atoms with Crippen molar-refractivity contribution in [2.75, 3.05) is 26.3 Å². The molecule has 0 radical (unpaired) electrons. The van der Waals surface area contributed by atoms with Crippen molar-refractivity contribution in [2.24, 2.45) is 5.41 Å². The minimum atomic E-state index is 0. The number of nitrogens with zero attached hydrogens (tertiary/aromatic N) is 1. The van der Waals surface area contributed by atoms with E-state index in [9.17, 15) is 0 Å². The van der Waals surface area contributed by atoms with Gasteiger partial charge in [0.1, 0.15) is 0 Å². The van der Waals surface area contributed by atoms with Crippen LogP contribution in [0.3, 0.4) is 0 Å². The molecule has 2 heterocycles. The molecule has 1 spiro atoms. The van der Waals surface area contributed by atoms with Crippen molar-refractivity contribution < 1.29 is 4.74 Å². The molecule has 17 heavy (non-hydrogen) atoms. The van der Waals surface area contributed by atoms with Crippen molar-refractivity contribution in [3.8, 4) is 0 Å². The van der Waals surface area contributed by atoms with E-state index in [-0.39, 0.29) is 7.43 Å². The summed E-state index contributed by atoms with van der Waals surface area (Å²) in [5.41, 5.74) is 0.603. The third-order valence-corrected chi connectivity index (χ3v) is 3.41. The summed E-state index contributed by atoms with van der Waals surface area (Å²) in [5.74, 6) is 0. The van der Waals surface area contributed by atoms with Gasteiger partial charge in [-0.25, -0.2) is 0 Å². The molecule has 0 amide bonds. The fourth-order valence-electron chi connectivity index (χ4n) is 2.19. The van der Waals surface area contributed by atoms with E-state index >= 15 is 0 Å². The molecule has 0 aliphatic carbocycles. The topological polar surface area (TPSA) is 12.5 Å². The summed E-state index contributed by atoms with van der Waals surface area (Å²) in [7, 11) is 0. The number of rotatable bonds is 1. The van der Waals surface area contributed by atoms with E-state index in [1.165, 1.54) is 25.9 Å². The fraction of sp³-hybridized carbons (Fsp3) is 1.00. The predicted octanol–water partition coefficient (Wildman–Crippen LogP) is 4.20. The molecule has 0 bridgehead atoms. The second-order valence-corrected chi connectivity index (χ2v) is 4.62. The molecule has 0 aromatic carbocycles. The molecule has 2 rings (SSSR count). The van der Waals surface area contributed by atoms with Gasteiger partial charge in [-0.05, 0) is 39.8 Å². The van der Waals surface area contributed by atoms with Gasteiger partial charge in [-0.3, -0.25) is 0 Å². The number of ether oxygens (including phenoxy) is 1. The Morgan fingerprint density at radius 2 is 1.35 bits per heavy atom. The Hall–Kier alpha value is -0.0800. The zero-order valence-corrected chi connectivity index (χ0v) is 12.2. The molecule has 2 saturated heterocycles. The molecular formula is C15H35NO. The average molecular weight is 245 g/mol. The van der Waals surface area contributed by atoms with E-state index in [1.54, 1.807) is 0 Å². The summed E-state index contributed by atoms with van der Waals surface area (Å²) >= 11 is 0. The van der Waals surface area contributed by atoms with E-state index in [0.29, 0.717) is 5.41 Å². The summed E-state index contributed by atoms with van der Waals surface area (Å²) in [4.78, 5) is 2.57. The zero-order chi connectivity index (χ0) is 12.6. The highest BCUT2D eigenvalue weighted by Gasteiger charge is 2.41. The van der Waals surface area contributed by atoms with Gasteiger partial charge in [0.25, 0.3) is 0 Å². The van der Waals surface area contributed by atoms with Crippen LogP contribution in [0, 0.1) is 5.41 Å². The van der Waals surface area contributed by atoms with Gasteiger partial charge in [-0.2, -0.15) is 0 Å². The first-order valence-corrected chi connectivity index (χ1v) is 7.04. The summed E-state index contributed by atoms with van der Waals surface area (Å²) in [6.45, 7) is 17.2. The Morgan fingerprint density at radius 1 is 0.941 bits per heavy atom. The lowest BCUT2D eigenvalue weighted by Gasteiger charge is -2.48. The minimum Gasteiger partial charge on any atom is -0.380 e. The van der Waals surface area contributed by atoms with E-state index in [1.807, 2.05) is 27.7 Å². The van der Waals surface area contributed by atoms with Crippen LogP contribution in [0.15, 0.2) is 0 Å². The molecule has 2 nitrogen and oxygen atoms in total.